The summed E-state index contributed by atoms with van der Waals surface area (Å²) in [6, 6.07) is -0.236. The Labute approximate surface area is 102 Å². The number of hydrogen-bond acceptors (Lipinski definition) is 3. The standard InChI is InChI=1S/C9H14BrN3O3/c1-6(11-9(14)15)4-16-5-8-7(10)3-13(2)12-8/h3,6,11H,4-5H2,1-2H3,(H,14,15)/t6-/m1/s1. The smallest absolute Gasteiger partial charge is 0.404 e. The molecule has 1 rings (SSSR count). The molecule has 0 unspecified atom stereocenters. The summed E-state index contributed by atoms with van der Waals surface area (Å²) in [6.45, 7) is 2.41. The topological polar surface area (TPSA) is 76.4 Å². The Morgan fingerprint density at radius 1 is 1.81 bits per heavy atom. The average Bonchev–Trinajstić information content (AvgIpc) is 2.44. The second-order valence-corrected chi connectivity index (χ2v) is 4.32. The Hall–Kier alpha value is -1.08. The Morgan fingerprint density at radius 3 is 3.00 bits per heavy atom. The first-order valence-electron chi connectivity index (χ1n) is 4.74. The molecule has 0 radical (unpaired) electrons. The molecule has 90 valence electrons. The molecule has 1 aromatic heterocycles. The maximum absolute atomic E-state index is 10.3. The van der Waals surface area contributed by atoms with Crippen molar-refractivity contribution >= 4 is 22.0 Å². The number of aryl methyl sites for hydroxylation is 1. The monoisotopic (exact) mass is 291 g/mol. The summed E-state index contributed by atoms with van der Waals surface area (Å²) in [6.07, 6.45) is 0.785. The zero-order chi connectivity index (χ0) is 12.1. The predicted molar refractivity (Wildman–Crippen MR) is 61.2 cm³/mol. The zero-order valence-corrected chi connectivity index (χ0v) is 10.7. The lowest BCUT2D eigenvalue weighted by molar-refractivity contribution is 0.0978. The van der Waals surface area contributed by atoms with E-state index in [1.807, 2.05) is 13.2 Å². The van der Waals surface area contributed by atoms with Crippen LogP contribution in [0.1, 0.15) is 12.6 Å². The van der Waals surface area contributed by atoms with Gasteiger partial charge in [0, 0.05) is 13.2 Å². The molecular weight excluding hydrogens is 278 g/mol. The van der Waals surface area contributed by atoms with Crippen LogP contribution in [0.3, 0.4) is 0 Å². The maximum Gasteiger partial charge on any atom is 0.404 e. The molecule has 1 atom stereocenters. The number of nitrogens with one attached hydrogen (secondary N) is 1. The van der Waals surface area contributed by atoms with Crippen molar-refractivity contribution in [2.24, 2.45) is 7.05 Å². The van der Waals surface area contributed by atoms with Gasteiger partial charge >= 0.3 is 6.09 Å². The van der Waals surface area contributed by atoms with Gasteiger partial charge in [-0.25, -0.2) is 4.79 Å². The fourth-order valence-electron chi connectivity index (χ4n) is 1.19. The SMILES string of the molecule is C[C@H](COCc1nn(C)cc1Br)NC(=O)O. The van der Waals surface area contributed by atoms with Crippen molar-refractivity contribution in [3.8, 4) is 0 Å². The van der Waals surface area contributed by atoms with E-state index >= 15 is 0 Å². The van der Waals surface area contributed by atoms with Gasteiger partial charge in [-0.1, -0.05) is 0 Å². The van der Waals surface area contributed by atoms with Gasteiger partial charge in [0.05, 0.1) is 23.7 Å². The summed E-state index contributed by atoms with van der Waals surface area (Å²) in [5, 5.41) is 14.9. The van der Waals surface area contributed by atoms with Crippen LogP contribution in [-0.2, 0) is 18.4 Å². The molecule has 16 heavy (non-hydrogen) atoms. The first-order chi connectivity index (χ1) is 7.49. The molecular formula is C9H14BrN3O3. The summed E-state index contributed by atoms with van der Waals surface area (Å²) in [5.41, 5.74) is 0.796. The highest BCUT2D eigenvalue weighted by atomic mass is 79.9. The summed E-state index contributed by atoms with van der Waals surface area (Å²) in [7, 11) is 1.82. The number of halogens is 1. The number of carboxylic acid groups (broad SMARTS) is 1. The molecule has 0 aliphatic carbocycles. The number of hydrogen-bond donors (Lipinski definition) is 2. The molecule has 0 bridgehead atoms. The minimum absolute atomic E-state index is 0.236. The molecule has 0 saturated heterocycles. The second-order valence-electron chi connectivity index (χ2n) is 3.46. The normalized spacial score (nSPS) is 12.4. The first-order valence-corrected chi connectivity index (χ1v) is 5.53. The van der Waals surface area contributed by atoms with Crippen LogP contribution in [0.5, 0.6) is 0 Å². The Kier molecular flexibility index (Phi) is 4.75. The molecule has 0 aliphatic rings. The highest BCUT2D eigenvalue weighted by Crippen LogP contribution is 2.14. The lowest BCUT2D eigenvalue weighted by Gasteiger charge is -2.10. The average molecular weight is 292 g/mol. The molecule has 7 heteroatoms. The molecule has 0 aliphatic heterocycles. The third-order valence-corrected chi connectivity index (χ3v) is 2.49. The zero-order valence-electron chi connectivity index (χ0n) is 9.11. The van der Waals surface area contributed by atoms with Gasteiger partial charge in [0.25, 0.3) is 0 Å². The summed E-state index contributed by atoms with van der Waals surface area (Å²) < 4.78 is 7.91. The van der Waals surface area contributed by atoms with Gasteiger partial charge in [0.15, 0.2) is 0 Å². The minimum atomic E-state index is -1.05. The van der Waals surface area contributed by atoms with Gasteiger partial charge in [0.1, 0.15) is 5.69 Å². The number of rotatable bonds is 5. The van der Waals surface area contributed by atoms with Crippen LogP contribution in [0.25, 0.3) is 0 Å². The maximum atomic E-state index is 10.3. The highest BCUT2D eigenvalue weighted by molar-refractivity contribution is 9.10. The van der Waals surface area contributed by atoms with E-state index in [4.69, 9.17) is 9.84 Å². The van der Waals surface area contributed by atoms with Crippen LogP contribution in [0.15, 0.2) is 10.7 Å². The van der Waals surface area contributed by atoms with E-state index in [9.17, 15) is 4.79 Å². The number of aromatic nitrogens is 2. The second kappa shape index (κ2) is 5.86. The van der Waals surface area contributed by atoms with E-state index in [1.165, 1.54) is 0 Å². The Balaban J connectivity index is 2.30. The van der Waals surface area contributed by atoms with E-state index in [2.05, 4.69) is 26.3 Å². The van der Waals surface area contributed by atoms with E-state index in [1.54, 1.807) is 11.6 Å². The van der Waals surface area contributed by atoms with Crippen molar-refractivity contribution < 1.29 is 14.6 Å². The Morgan fingerprint density at radius 2 is 2.50 bits per heavy atom. The molecule has 6 nitrogen and oxygen atoms in total. The van der Waals surface area contributed by atoms with Crippen molar-refractivity contribution in [3.63, 3.8) is 0 Å². The fourth-order valence-corrected chi connectivity index (χ4v) is 1.68. The number of ether oxygens (including phenoxy) is 1. The Bertz CT molecular complexity index is 367. The molecule has 0 fully saturated rings. The third kappa shape index (κ3) is 4.19. The molecule has 0 aromatic carbocycles. The first kappa shape index (κ1) is 13.0. The van der Waals surface area contributed by atoms with Gasteiger partial charge in [-0.2, -0.15) is 5.10 Å². The molecule has 2 N–H and O–H groups in total. The van der Waals surface area contributed by atoms with Gasteiger partial charge in [-0.15, -0.1) is 0 Å². The predicted octanol–water partition coefficient (Wildman–Crippen LogP) is 1.36. The van der Waals surface area contributed by atoms with Crippen LogP contribution in [0.2, 0.25) is 0 Å². The summed E-state index contributed by atoms with van der Waals surface area (Å²) in [5.74, 6) is 0. The van der Waals surface area contributed by atoms with Crippen LogP contribution in [-0.4, -0.2) is 33.6 Å². The number of carbonyl (C=O) groups is 1. The number of nitrogens with zero attached hydrogens (tertiary/aromatic N) is 2. The van der Waals surface area contributed by atoms with E-state index < -0.39 is 6.09 Å². The van der Waals surface area contributed by atoms with E-state index in [0.717, 1.165) is 10.2 Å². The van der Waals surface area contributed by atoms with Crippen molar-refractivity contribution in [1.29, 1.82) is 0 Å². The van der Waals surface area contributed by atoms with Gasteiger partial charge in [0.2, 0.25) is 0 Å². The van der Waals surface area contributed by atoms with Crippen molar-refractivity contribution in [2.75, 3.05) is 6.61 Å². The van der Waals surface area contributed by atoms with Gasteiger partial charge < -0.3 is 15.2 Å². The van der Waals surface area contributed by atoms with Crippen molar-refractivity contribution in [2.45, 2.75) is 19.6 Å². The lowest BCUT2D eigenvalue weighted by Crippen LogP contribution is -2.34. The van der Waals surface area contributed by atoms with Crippen LogP contribution in [0.4, 0.5) is 4.79 Å². The highest BCUT2D eigenvalue weighted by Gasteiger charge is 2.08. The molecule has 0 saturated carbocycles. The summed E-state index contributed by atoms with van der Waals surface area (Å²) in [4.78, 5) is 10.3. The molecule has 1 aromatic rings. The third-order valence-electron chi connectivity index (χ3n) is 1.83. The largest absolute Gasteiger partial charge is 0.465 e. The summed E-state index contributed by atoms with van der Waals surface area (Å²) >= 11 is 3.35. The van der Waals surface area contributed by atoms with Crippen molar-refractivity contribution in [3.05, 3.63) is 16.4 Å². The van der Waals surface area contributed by atoms with Crippen LogP contribution >= 0.6 is 15.9 Å². The van der Waals surface area contributed by atoms with Gasteiger partial charge in [-0.05, 0) is 22.9 Å². The quantitative estimate of drug-likeness (QED) is 0.859. The van der Waals surface area contributed by atoms with Crippen molar-refractivity contribution in [1.82, 2.24) is 15.1 Å². The van der Waals surface area contributed by atoms with Crippen LogP contribution < -0.4 is 5.32 Å². The van der Waals surface area contributed by atoms with Gasteiger partial charge in [-0.3, -0.25) is 4.68 Å². The lowest BCUT2D eigenvalue weighted by atomic mass is 10.4. The molecule has 0 spiro atoms. The van der Waals surface area contributed by atoms with Crippen LogP contribution in [0, 0.1) is 0 Å². The van der Waals surface area contributed by atoms with E-state index in [0.29, 0.717) is 13.2 Å². The van der Waals surface area contributed by atoms with E-state index in [-0.39, 0.29) is 6.04 Å². The number of amides is 1. The molecule has 1 amide bonds. The molecule has 1 heterocycles. The minimum Gasteiger partial charge on any atom is -0.465 e. The fraction of sp³-hybridized carbons (Fsp3) is 0.556.